The summed E-state index contributed by atoms with van der Waals surface area (Å²) >= 11 is 0. The Morgan fingerprint density at radius 2 is 1.77 bits per heavy atom. The number of hydrogen-bond donors (Lipinski definition) is 2. The summed E-state index contributed by atoms with van der Waals surface area (Å²) in [4.78, 5) is 0.239. The zero-order valence-corrected chi connectivity index (χ0v) is 16.9. The topological polar surface area (TPSA) is 67.4 Å². The Bertz CT molecular complexity index is 833. The lowest BCUT2D eigenvalue weighted by Gasteiger charge is -2.30. The lowest BCUT2D eigenvalue weighted by atomic mass is 10.0. The summed E-state index contributed by atoms with van der Waals surface area (Å²) in [6.07, 6.45) is 0. The predicted molar refractivity (Wildman–Crippen MR) is 105 cm³/mol. The summed E-state index contributed by atoms with van der Waals surface area (Å²) in [7, 11) is -2.02. The Balaban J connectivity index is 2.04. The summed E-state index contributed by atoms with van der Waals surface area (Å²) in [5.41, 5.74) is 1.53. The van der Waals surface area contributed by atoms with Crippen LogP contribution in [0.4, 0.5) is 0 Å². The number of hydrogen-bond acceptors (Lipinski definition) is 4. The predicted octanol–water partition coefficient (Wildman–Crippen LogP) is 3.41. The third-order valence-corrected chi connectivity index (χ3v) is 5.69. The second kappa shape index (κ2) is 8.20. The maximum absolute atomic E-state index is 12.6. The van der Waals surface area contributed by atoms with Crippen LogP contribution in [0.2, 0.25) is 0 Å². The molecule has 0 saturated carbocycles. The van der Waals surface area contributed by atoms with Gasteiger partial charge in [0.15, 0.2) is 0 Å². The Labute approximate surface area is 156 Å². The van der Waals surface area contributed by atoms with Crippen LogP contribution in [0.1, 0.15) is 37.9 Å². The third-order valence-electron chi connectivity index (χ3n) is 4.29. The number of aryl methyl sites for hydroxylation is 1. The van der Waals surface area contributed by atoms with Crippen LogP contribution in [0.5, 0.6) is 5.75 Å². The van der Waals surface area contributed by atoms with Gasteiger partial charge in [0, 0.05) is 18.1 Å². The summed E-state index contributed by atoms with van der Waals surface area (Å²) in [5, 5.41) is 3.48. The molecule has 0 aromatic heterocycles. The number of ether oxygens (including phenoxy) is 1. The number of rotatable bonds is 8. The van der Waals surface area contributed by atoms with Gasteiger partial charge in [-0.15, -0.1) is 0 Å². The van der Waals surface area contributed by atoms with Gasteiger partial charge in [0.2, 0.25) is 10.0 Å². The van der Waals surface area contributed by atoms with Crippen LogP contribution < -0.4 is 14.8 Å². The smallest absolute Gasteiger partial charge is 0.240 e. The normalized spacial score (nSPS) is 13.4. The molecule has 2 aromatic carbocycles. The Hall–Kier alpha value is -1.89. The molecule has 2 rings (SSSR count). The molecule has 142 valence electrons. The molecular weight excluding hydrogens is 348 g/mol. The van der Waals surface area contributed by atoms with Gasteiger partial charge >= 0.3 is 0 Å². The van der Waals surface area contributed by atoms with Gasteiger partial charge in [0.1, 0.15) is 5.75 Å². The summed E-state index contributed by atoms with van der Waals surface area (Å²) in [6.45, 7) is 8.13. The molecule has 0 aliphatic heterocycles. The highest BCUT2D eigenvalue weighted by Gasteiger charge is 2.24. The second-order valence-corrected chi connectivity index (χ2v) is 8.88. The molecule has 1 unspecified atom stereocenters. The SMILES string of the molecule is COc1ccc(S(=O)(=O)NCC(C)(C)NC(C)c2ccccc2)cc1C. The molecule has 2 N–H and O–H groups in total. The molecule has 0 aliphatic rings. The summed E-state index contributed by atoms with van der Waals surface area (Å²) in [6, 6.07) is 15.0. The highest BCUT2D eigenvalue weighted by atomic mass is 32.2. The first-order valence-corrected chi connectivity index (χ1v) is 10.1. The van der Waals surface area contributed by atoms with Crippen LogP contribution in [-0.2, 0) is 10.0 Å². The third kappa shape index (κ3) is 5.30. The van der Waals surface area contributed by atoms with Crippen LogP contribution in [0.25, 0.3) is 0 Å². The molecule has 0 amide bonds. The highest BCUT2D eigenvalue weighted by molar-refractivity contribution is 7.89. The fourth-order valence-electron chi connectivity index (χ4n) is 2.84. The van der Waals surface area contributed by atoms with Gasteiger partial charge in [-0.1, -0.05) is 30.3 Å². The van der Waals surface area contributed by atoms with Gasteiger partial charge < -0.3 is 10.1 Å². The van der Waals surface area contributed by atoms with Crippen molar-refractivity contribution in [1.29, 1.82) is 0 Å². The standard InChI is InChI=1S/C20H28N2O3S/c1-15-13-18(11-12-19(15)25-5)26(23,24)21-14-20(3,4)22-16(2)17-9-7-6-8-10-17/h6-13,16,21-22H,14H2,1-5H3. The molecule has 2 aromatic rings. The number of nitrogens with one attached hydrogen (secondary N) is 2. The Kier molecular flexibility index (Phi) is 6.44. The molecule has 1 atom stereocenters. The Morgan fingerprint density at radius 1 is 1.12 bits per heavy atom. The van der Waals surface area contributed by atoms with Gasteiger partial charge in [0.05, 0.1) is 12.0 Å². The van der Waals surface area contributed by atoms with Gasteiger partial charge in [-0.2, -0.15) is 0 Å². The first-order valence-electron chi connectivity index (χ1n) is 8.61. The van der Waals surface area contributed by atoms with E-state index in [4.69, 9.17) is 4.74 Å². The largest absolute Gasteiger partial charge is 0.496 e. The average molecular weight is 377 g/mol. The van der Waals surface area contributed by atoms with Crippen molar-refractivity contribution < 1.29 is 13.2 Å². The minimum atomic E-state index is -3.59. The van der Waals surface area contributed by atoms with Crippen LogP contribution in [0, 0.1) is 6.92 Å². The van der Waals surface area contributed by atoms with Crippen molar-refractivity contribution in [2.75, 3.05) is 13.7 Å². The van der Waals surface area contributed by atoms with Gasteiger partial charge in [-0.05, 0) is 57.0 Å². The van der Waals surface area contributed by atoms with E-state index in [9.17, 15) is 8.42 Å². The maximum Gasteiger partial charge on any atom is 0.240 e. The molecule has 0 fully saturated rings. The maximum atomic E-state index is 12.6. The van der Waals surface area contributed by atoms with Crippen molar-refractivity contribution in [3.05, 3.63) is 59.7 Å². The van der Waals surface area contributed by atoms with Gasteiger partial charge in [-0.25, -0.2) is 13.1 Å². The minimum Gasteiger partial charge on any atom is -0.496 e. The van der Waals surface area contributed by atoms with E-state index >= 15 is 0 Å². The van der Waals surface area contributed by atoms with Crippen molar-refractivity contribution in [2.24, 2.45) is 0 Å². The van der Waals surface area contributed by atoms with E-state index in [2.05, 4.69) is 29.1 Å². The average Bonchev–Trinajstić information content (AvgIpc) is 2.60. The molecule has 0 heterocycles. The molecule has 0 aliphatic carbocycles. The van der Waals surface area contributed by atoms with Crippen LogP contribution in [0.3, 0.4) is 0 Å². The van der Waals surface area contributed by atoms with Crippen LogP contribution in [0.15, 0.2) is 53.4 Å². The van der Waals surface area contributed by atoms with E-state index in [0.29, 0.717) is 5.75 Å². The van der Waals surface area contributed by atoms with Crippen LogP contribution in [-0.4, -0.2) is 27.6 Å². The minimum absolute atomic E-state index is 0.110. The molecule has 0 bridgehead atoms. The van der Waals surface area contributed by atoms with E-state index in [0.717, 1.165) is 11.1 Å². The molecule has 0 spiro atoms. The first kappa shape index (κ1) is 20.4. The fourth-order valence-corrected chi connectivity index (χ4v) is 4.14. The van der Waals surface area contributed by atoms with E-state index < -0.39 is 15.6 Å². The van der Waals surface area contributed by atoms with Gasteiger partial charge in [0.25, 0.3) is 0 Å². The zero-order valence-electron chi connectivity index (χ0n) is 16.0. The first-order chi connectivity index (χ1) is 12.1. The molecule has 5 nitrogen and oxygen atoms in total. The van der Waals surface area contributed by atoms with E-state index in [-0.39, 0.29) is 17.5 Å². The van der Waals surface area contributed by atoms with E-state index in [1.165, 1.54) is 0 Å². The Morgan fingerprint density at radius 3 is 2.35 bits per heavy atom. The number of sulfonamides is 1. The van der Waals surface area contributed by atoms with Crippen LogP contribution >= 0.6 is 0 Å². The van der Waals surface area contributed by atoms with E-state index in [1.54, 1.807) is 25.3 Å². The van der Waals surface area contributed by atoms with Crippen molar-refractivity contribution in [3.8, 4) is 5.75 Å². The fraction of sp³-hybridized carbons (Fsp3) is 0.400. The molecule has 6 heteroatoms. The summed E-state index contributed by atoms with van der Waals surface area (Å²) in [5.74, 6) is 0.669. The quantitative estimate of drug-likeness (QED) is 0.741. The summed E-state index contributed by atoms with van der Waals surface area (Å²) < 4.78 is 33.1. The second-order valence-electron chi connectivity index (χ2n) is 7.12. The molecule has 0 saturated heterocycles. The molecule has 0 radical (unpaired) electrons. The zero-order chi connectivity index (χ0) is 19.4. The monoisotopic (exact) mass is 376 g/mol. The van der Waals surface area contributed by atoms with Crippen molar-refractivity contribution in [1.82, 2.24) is 10.0 Å². The number of methoxy groups -OCH3 is 1. The lowest BCUT2D eigenvalue weighted by Crippen LogP contribution is -2.49. The molecule has 26 heavy (non-hydrogen) atoms. The van der Waals surface area contributed by atoms with E-state index in [1.807, 2.05) is 39.0 Å². The van der Waals surface area contributed by atoms with Gasteiger partial charge in [-0.3, -0.25) is 0 Å². The van der Waals surface area contributed by atoms with Crippen molar-refractivity contribution in [3.63, 3.8) is 0 Å². The lowest BCUT2D eigenvalue weighted by molar-refractivity contribution is 0.346. The highest BCUT2D eigenvalue weighted by Crippen LogP contribution is 2.22. The molecular formula is C20H28N2O3S. The van der Waals surface area contributed by atoms with Crippen molar-refractivity contribution in [2.45, 2.75) is 44.2 Å². The van der Waals surface area contributed by atoms with Crippen molar-refractivity contribution >= 4 is 10.0 Å². The number of benzene rings is 2.